The summed E-state index contributed by atoms with van der Waals surface area (Å²) < 4.78 is 12.0. The van der Waals surface area contributed by atoms with Gasteiger partial charge in [0.2, 0.25) is 17.7 Å². The molecule has 3 amide bonds. The van der Waals surface area contributed by atoms with Gasteiger partial charge in [0.05, 0.1) is 36.6 Å². The van der Waals surface area contributed by atoms with E-state index < -0.39 is 54.2 Å². The zero-order valence-corrected chi connectivity index (χ0v) is 34.3. The maximum absolute atomic E-state index is 14.4. The molecule has 1 aromatic carbocycles. The summed E-state index contributed by atoms with van der Waals surface area (Å²) in [5, 5.41) is 16.0. The molecule has 0 spiro atoms. The van der Waals surface area contributed by atoms with Crippen molar-refractivity contribution >= 4 is 29.7 Å². The van der Waals surface area contributed by atoms with Crippen molar-refractivity contribution in [2.24, 2.45) is 22.7 Å². The molecule has 3 rings (SSSR count). The Morgan fingerprint density at radius 3 is 2.19 bits per heavy atom. The van der Waals surface area contributed by atoms with Crippen LogP contribution in [0.25, 0.3) is 0 Å². The lowest BCUT2D eigenvalue weighted by atomic mass is 9.89. The van der Waals surface area contributed by atoms with Gasteiger partial charge in [-0.3, -0.25) is 14.4 Å². The number of carboxylic acid groups (broad SMARTS) is 1. The van der Waals surface area contributed by atoms with Crippen molar-refractivity contribution in [1.29, 1.82) is 0 Å². The monoisotopic (exact) mass is 758 g/mol. The number of guanidine groups is 1. The molecule has 54 heavy (non-hydrogen) atoms. The highest BCUT2D eigenvalue weighted by Gasteiger charge is 2.43. The van der Waals surface area contributed by atoms with Crippen LogP contribution in [0.15, 0.2) is 35.3 Å². The first kappa shape index (κ1) is 44.6. The highest BCUT2D eigenvalue weighted by molar-refractivity contribution is 5.88. The van der Waals surface area contributed by atoms with Crippen LogP contribution in [0, 0.1) is 17.8 Å². The van der Waals surface area contributed by atoms with Gasteiger partial charge >= 0.3 is 5.97 Å². The smallest absolute Gasteiger partial charge is 0.326 e. The van der Waals surface area contributed by atoms with E-state index in [-0.39, 0.29) is 36.5 Å². The van der Waals surface area contributed by atoms with Gasteiger partial charge < -0.3 is 44.8 Å². The molecule has 2 aliphatic rings. The highest BCUT2D eigenvalue weighted by atomic mass is 16.5. The average molecular weight is 758 g/mol. The molecular formula is C40H67N7O7. The molecule has 14 nitrogen and oxygen atoms in total. The third kappa shape index (κ3) is 11.6. The number of likely N-dealkylation sites (tertiary alicyclic amines) is 1. The lowest BCUT2D eigenvalue weighted by Gasteiger charge is -2.40. The van der Waals surface area contributed by atoms with E-state index in [0.29, 0.717) is 13.0 Å². The van der Waals surface area contributed by atoms with Crippen molar-refractivity contribution in [2.75, 3.05) is 68.1 Å². The summed E-state index contributed by atoms with van der Waals surface area (Å²) in [6.45, 7) is 13.7. The van der Waals surface area contributed by atoms with Gasteiger partial charge in [-0.05, 0) is 30.2 Å². The van der Waals surface area contributed by atoms with Crippen molar-refractivity contribution in [3.8, 4) is 0 Å². The van der Waals surface area contributed by atoms with Gasteiger partial charge in [0.15, 0.2) is 5.96 Å². The van der Waals surface area contributed by atoms with Crippen molar-refractivity contribution in [1.82, 2.24) is 30.2 Å². The van der Waals surface area contributed by atoms with Crippen LogP contribution >= 0.6 is 0 Å². The van der Waals surface area contributed by atoms with Gasteiger partial charge in [0.1, 0.15) is 12.1 Å². The van der Waals surface area contributed by atoms with Crippen LogP contribution in [0.3, 0.4) is 0 Å². The van der Waals surface area contributed by atoms with Crippen LogP contribution in [0.1, 0.15) is 65.9 Å². The zero-order chi connectivity index (χ0) is 40.1. The standard InChI is InChI=1S/C40H67N7O7/c1-11-27(4)35(45(8)38(50)34(26(2)3)43-40(44(6)7)46-22-19-41-20-23-46)32(53-9)25-33(48)47-21-15-18-31(47)36(54-10)28(5)37(49)42-30(39(51)52)24-29-16-13-12-14-17-29/h12-14,16-17,26-28,30-32,34-36,41H,11,15,18-25H2,1-10H3,(H,42,49)(H,51,52)/t27-,28+,30?,31?,32+,34?,35-,36+/m0/s1. The second-order valence-electron chi connectivity index (χ2n) is 15.4. The maximum atomic E-state index is 14.4. The number of aliphatic imine (C=N–C) groups is 1. The Balaban J connectivity index is 1.80. The summed E-state index contributed by atoms with van der Waals surface area (Å²) in [7, 11) is 8.80. The molecule has 0 bridgehead atoms. The van der Waals surface area contributed by atoms with E-state index in [4.69, 9.17) is 14.5 Å². The van der Waals surface area contributed by atoms with Gasteiger partial charge in [-0.1, -0.05) is 71.4 Å². The van der Waals surface area contributed by atoms with Crippen LogP contribution in [-0.2, 0) is 35.1 Å². The number of carbonyl (C=O) groups excluding carboxylic acids is 3. The van der Waals surface area contributed by atoms with E-state index in [1.165, 1.54) is 7.11 Å². The number of aliphatic carboxylic acids is 1. The Kier molecular flexibility index (Phi) is 17.7. The molecule has 3 unspecified atom stereocenters. The number of methoxy groups -OCH3 is 2. The van der Waals surface area contributed by atoms with Crippen LogP contribution in [-0.4, -0.2) is 159 Å². The van der Waals surface area contributed by atoms with E-state index in [0.717, 1.165) is 50.5 Å². The van der Waals surface area contributed by atoms with E-state index in [1.807, 2.05) is 63.2 Å². The topological polar surface area (TPSA) is 156 Å². The summed E-state index contributed by atoms with van der Waals surface area (Å²) in [6.07, 6.45) is 1.05. The van der Waals surface area contributed by atoms with Crippen LogP contribution in [0.5, 0.6) is 0 Å². The molecular weight excluding hydrogens is 690 g/mol. The molecule has 304 valence electrons. The lowest BCUT2D eigenvalue weighted by molar-refractivity contribution is -0.147. The minimum Gasteiger partial charge on any atom is -0.480 e. The molecule has 0 aliphatic carbocycles. The molecule has 14 heteroatoms. The van der Waals surface area contributed by atoms with Crippen LogP contribution < -0.4 is 10.6 Å². The SMILES string of the molecule is CC[C@H](C)[C@@H]([C@@H](CC(=O)N1CCCC1[C@H](OC)[C@@H](C)C(=O)NC(Cc1ccccc1)C(=O)O)OC)N(C)C(=O)C(N=C(N(C)C)N1CCNCC1)C(C)C. The average Bonchev–Trinajstić information content (AvgIpc) is 3.64. The normalized spacial score (nSPS) is 20.4. The molecule has 2 fully saturated rings. The number of benzene rings is 1. The number of ether oxygens (including phenoxy) is 2. The predicted octanol–water partition coefficient (Wildman–Crippen LogP) is 2.57. The van der Waals surface area contributed by atoms with Gasteiger partial charge in [0, 0.05) is 74.5 Å². The molecule has 0 aromatic heterocycles. The largest absolute Gasteiger partial charge is 0.480 e. The number of piperazine rings is 1. The Labute approximate surface area is 323 Å². The quantitative estimate of drug-likeness (QED) is 0.150. The zero-order valence-electron chi connectivity index (χ0n) is 34.3. The van der Waals surface area contributed by atoms with Crippen LogP contribution in [0.4, 0.5) is 0 Å². The van der Waals surface area contributed by atoms with Gasteiger partial charge in [-0.25, -0.2) is 9.79 Å². The molecule has 3 N–H and O–H groups in total. The summed E-state index contributed by atoms with van der Waals surface area (Å²) in [6, 6.07) is 6.61. The van der Waals surface area contributed by atoms with E-state index in [9.17, 15) is 24.3 Å². The van der Waals surface area contributed by atoms with E-state index in [2.05, 4.69) is 29.4 Å². The number of rotatable bonds is 18. The Morgan fingerprint density at radius 1 is 1.00 bits per heavy atom. The minimum atomic E-state index is -1.12. The highest BCUT2D eigenvalue weighted by Crippen LogP contribution is 2.30. The third-order valence-electron chi connectivity index (χ3n) is 11.1. The molecule has 2 saturated heterocycles. The number of carbonyl (C=O) groups is 4. The molecule has 0 radical (unpaired) electrons. The lowest BCUT2D eigenvalue weighted by Crippen LogP contribution is -2.56. The molecule has 0 saturated carbocycles. The third-order valence-corrected chi connectivity index (χ3v) is 11.1. The minimum absolute atomic E-state index is 0.0119. The predicted molar refractivity (Wildman–Crippen MR) is 210 cm³/mol. The molecule has 8 atom stereocenters. The molecule has 2 aliphatic heterocycles. The second-order valence-corrected chi connectivity index (χ2v) is 15.4. The van der Waals surface area contributed by atoms with Crippen molar-refractivity contribution < 1.29 is 33.8 Å². The number of nitrogens with zero attached hydrogens (tertiary/aromatic N) is 5. The van der Waals surface area contributed by atoms with Gasteiger partial charge in [-0.15, -0.1) is 0 Å². The maximum Gasteiger partial charge on any atom is 0.326 e. The van der Waals surface area contributed by atoms with Crippen molar-refractivity contribution in [3.05, 3.63) is 35.9 Å². The number of amides is 3. The first-order chi connectivity index (χ1) is 25.7. The fourth-order valence-electron chi connectivity index (χ4n) is 7.83. The summed E-state index contributed by atoms with van der Waals surface area (Å²) in [5.74, 6) is -1.86. The van der Waals surface area contributed by atoms with Crippen molar-refractivity contribution in [3.63, 3.8) is 0 Å². The first-order valence-corrected chi connectivity index (χ1v) is 19.6. The Hall–Kier alpha value is -3.75. The van der Waals surface area contributed by atoms with Crippen molar-refractivity contribution in [2.45, 2.75) is 103 Å². The number of hydrogen-bond acceptors (Lipinski definition) is 8. The van der Waals surface area contributed by atoms with E-state index in [1.54, 1.807) is 30.9 Å². The number of nitrogens with one attached hydrogen (secondary N) is 2. The van der Waals surface area contributed by atoms with E-state index >= 15 is 0 Å². The summed E-state index contributed by atoms with van der Waals surface area (Å²) in [5.41, 5.74) is 0.797. The Morgan fingerprint density at radius 2 is 1.65 bits per heavy atom. The number of carboxylic acids is 1. The molecule has 2 heterocycles. The second kappa shape index (κ2) is 21.4. The first-order valence-electron chi connectivity index (χ1n) is 19.6. The van der Waals surface area contributed by atoms with Gasteiger partial charge in [0.25, 0.3) is 0 Å². The van der Waals surface area contributed by atoms with Gasteiger partial charge in [-0.2, -0.15) is 0 Å². The molecule has 1 aromatic rings. The summed E-state index contributed by atoms with van der Waals surface area (Å²) in [4.78, 5) is 67.0. The number of likely N-dealkylation sites (N-methyl/N-ethyl adjacent to an activating group) is 1. The fraction of sp³-hybridized carbons (Fsp3) is 0.725. The van der Waals surface area contributed by atoms with Crippen LogP contribution in [0.2, 0.25) is 0 Å². The summed E-state index contributed by atoms with van der Waals surface area (Å²) >= 11 is 0. The Bertz CT molecular complexity index is 1390. The number of hydrogen-bond donors (Lipinski definition) is 3. The fourth-order valence-corrected chi connectivity index (χ4v) is 7.83.